The summed E-state index contributed by atoms with van der Waals surface area (Å²) >= 11 is 3.17. The number of nitrogens with one attached hydrogen (secondary N) is 1. The van der Waals surface area contributed by atoms with Gasteiger partial charge in [-0.3, -0.25) is 4.99 Å². The fourth-order valence-electron chi connectivity index (χ4n) is 2.26. The zero-order valence-corrected chi connectivity index (χ0v) is 11.7. The molecule has 3 nitrogen and oxygen atoms in total. The molecule has 2 rings (SSSR count). The Labute approximate surface area is 115 Å². The second-order valence-corrected chi connectivity index (χ2v) is 5.37. The van der Waals surface area contributed by atoms with Gasteiger partial charge < -0.3 is 5.43 Å². The lowest BCUT2D eigenvalue weighted by atomic mass is 9.96. The molecule has 0 aromatic heterocycles. The number of hydrogen-bond acceptors (Lipinski definition) is 2. The lowest BCUT2D eigenvalue weighted by molar-refractivity contribution is 0.442. The first kappa shape index (κ1) is 13.5. The molecule has 1 aromatic carbocycles. The van der Waals surface area contributed by atoms with Gasteiger partial charge in [0.05, 0.1) is 16.1 Å². The topological polar surface area (TPSA) is 50.4 Å². The normalized spacial score (nSPS) is 17.8. The van der Waals surface area contributed by atoms with Crippen LogP contribution < -0.4 is 11.3 Å². The zero-order valence-electron chi connectivity index (χ0n) is 10.1. The molecule has 0 heterocycles. The molecule has 0 saturated heterocycles. The van der Waals surface area contributed by atoms with E-state index in [-0.39, 0.29) is 11.9 Å². The van der Waals surface area contributed by atoms with E-state index in [1.54, 1.807) is 18.2 Å². The van der Waals surface area contributed by atoms with Crippen molar-refractivity contribution in [1.29, 1.82) is 0 Å². The third-order valence-corrected chi connectivity index (χ3v) is 3.84. The maximum Gasteiger partial charge on any atom is 0.148 e. The molecule has 0 atom stereocenters. The van der Waals surface area contributed by atoms with Gasteiger partial charge in [0, 0.05) is 0 Å². The highest BCUT2D eigenvalue weighted by Crippen LogP contribution is 2.22. The number of halogens is 2. The van der Waals surface area contributed by atoms with E-state index in [4.69, 9.17) is 5.84 Å². The number of nitrogens with zero attached hydrogens (tertiary/aromatic N) is 1. The molecule has 1 fully saturated rings. The lowest BCUT2D eigenvalue weighted by Crippen LogP contribution is -2.33. The number of hydrazine groups is 1. The van der Waals surface area contributed by atoms with Gasteiger partial charge in [-0.2, -0.15) is 0 Å². The van der Waals surface area contributed by atoms with Crippen LogP contribution in [0.3, 0.4) is 0 Å². The van der Waals surface area contributed by atoms with Gasteiger partial charge in [-0.05, 0) is 40.9 Å². The average Bonchev–Trinajstić information content (AvgIpc) is 2.41. The summed E-state index contributed by atoms with van der Waals surface area (Å²) in [5.41, 5.74) is 2.94. The van der Waals surface area contributed by atoms with E-state index in [0.29, 0.717) is 15.9 Å². The van der Waals surface area contributed by atoms with Gasteiger partial charge in [-0.25, -0.2) is 10.2 Å². The number of aliphatic imine (C=N–C) groups is 1. The van der Waals surface area contributed by atoms with Gasteiger partial charge in [0.25, 0.3) is 0 Å². The van der Waals surface area contributed by atoms with Crippen LogP contribution in [0.5, 0.6) is 0 Å². The summed E-state index contributed by atoms with van der Waals surface area (Å²) < 4.78 is 14.4. The number of rotatable bonds is 2. The third-order valence-electron chi connectivity index (χ3n) is 3.23. The first-order chi connectivity index (χ1) is 8.72. The Hall–Kier alpha value is -0.940. The summed E-state index contributed by atoms with van der Waals surface area (Å²) in [5, 5.41) is 0. The number of amidine groups is 1. The molecule has 1 aliphatic rings. The van der Waals surface area contributed by atoms with E-state index in [1.165, 1.54) is 19.3 Å². The van der Waals surface area contributed by atoms with Crippen LogP contribution in [-0.2, 0) is 0 Å². The maximum atomic E-state index is 14.0. The van der Waals surface area contributed by atoms with Crippen molar-refractivity contribution in [3.8, 4) is 0 Å². The minimum atomic E-state index is -0.329. The van der Waals surface area contributed by atoms with E-state index < -0.39 is 0 Å². The van der Waals surface area contributed by atoms with Gasteiger partial charge in [-0.1, -0.05) is 25.3 Å². The molecule has 0 aliphatic heterocycles. The first-order valence-electron chi connectivity index (χ1n) is 6.21. The Morgan fingerprint density at radius 3 is 2.72 bits per heavy atom. The first-order valence-corrected chi connectivity index (χ1v) is 7.00. The Kier molecular flexibility index (Phi) is 4.72. The van der Waals surface area contributed by atoms with Crippen molar-refractivity contribution in [2.75, 3.05) is 0 Å². The van der Waals surface area contributed by atoms with Crippen LogP contribution in [0.2, 0.25) is 0 Å². The predicted molar refractivity (Wildman–Crippen MR) is 74.8 cm³/mol. The van der Waals surface area contributed by atoms with Gasteiger partial charge >= 0.3 is 0 Å². The smallest absolute Gasteiger partial charge is 0.148 e. The second kappa shape index (κ2) is 6.29. The summed E-state index contributed by atoms with van der Waals surface area (Å²) in [4.78, 5) is 4.55. The number of nitrogens with two attached hydrogens (primary N) is 1. The molecule has 0 bridgehead atoms. The highest BCUT2D eigenvalue weighted by Gasteiger charge is 2.16. The summed E-state index contributed by atoms with van der Waals surface area (Å²) in [5.74, 6) is 5.58. The molecule has 98 valence electrons. The Morgan fingerprint density at radius 2 is 2.06 bits per heavy atom. The maximum absolute atomic E-state index is 14.0. The van der Waals surface area contributed by atoms with Crippen LogP contribution >= 0.6 is 15.9 Å². The molecular weight excluding hydrogens is 297 g/mol. The van der Waals surface area contributed by atoms with Crippen molar-refractivity contribution in [2.24, 2.45) is 10.8 Å². The monoisotopic (exact) mass is 313 g/mol. The van der Waals surface area contributed by atoms with E-state index in [1.807, 2.05) is 0 Å². The predicted octanol–water partition coefficient (Wildman–Crippen LogP) is 3.13. The van der Waals surface area contributed by atoms with E-state index >= 15 is 0 Å². The average molecular weight is 314 g/mol. The molecular formula is C13H17BrFN3. The largest absolute Gasteiger partial charge is 0.308 e. The number of benzene rings is 1. The van der Waals surface area contributed by atoms with Crippen LogP contribution in [0.25, 0.3) is 0 Å². The van der Waals surface area contributed by atoms with Crippen molar-refractivity contribution in [1.82, 2.24) is 5.43 Å². The van der Waals surface area contributed by atoms with Crippen molar-refractivity contribution in [3.63, 3.8) is 0 Å². The van der Waals surface area contributed by atoms with Crippen molar-refractivity contribution in [2.45, 2.75) is 38.1 Å². The van der Waals surface area contributed by atoms with Crippen LogP contribution in [0, 0.1) is 5.82 Å². The molecule has 0 unspecified atom stereocenters. The van der Waals surface area contributed by atoms with Crippen molar-refractivity contribution >= 4 is 21.8 Å². The van der Waals surface area contributed by atoms with E-state index in [0.717, 1.165) is 12.8 Å². The molecule has 1 saturated carbocycles. The van der Waals surface area contributed by atoms with Crippen LogP contribution in [0.15, 0.2) is 27.7 Å². The van der Waals surface area contributed by atoms with Crippen LogP contribution in [0.4, 0.5) is 4.39 Å². The van der Waals surface area contributed by atoms with Gasteiger partial charge in [0.15, 0.2) is 0 Å². The summed E-state index contributed by atoms with van der Waals surface area (Å²) in [6, 6.07) is 5.37. The fraction of sp³-hybridized carbons (Fsp3) is 0.462. The highest BCUT2D eigenvalue weighted by atomic mass is 79.9. The zero-order chi connectivity index (χ0) is 13.0. The van der Waals surface area contributed by atoms with Crippen molar-refractivity contribution < 1.29 is 4.39 Å². The van der Waals surface area contributed by atoms with Crippen molar-refractivity contribution in [3.05, 3.63) is 34.1 Å². The Morgan fingerprint density at radius 1 is 1.33 bits per heavy atom. The lowest BCUT2D eigenvalue weighted by Gasteiger charge is -2.19. The van der Waals surface area contributed by atoms with Gasteiger partial charge in [-0.15, -0.1) is 0 Å². The molecule has 5 heteroatoms. The molecule has 18 heavy (non-hydrogen) atoms. The second-order valence-electron chi connectivity index (χ2n) is 4.52. The highest BCUT2D eigenvalue weighted by molar-refractivity contribution is 9.10. The SMILES string of the molecule is NNC(=NC1CCCCC1)c1cccc(Br)c1F. The van der Waals surface area contributed by atoms with Crippen LogP contribution in [-0.4, -0.2) is 11.9 Å². The summed E-state index contributed by atoms with van der Waals surface area (Å²) in [6.07, 6.45) is 5.75. The van der Waals surface area contributed by atoms with Crippen LogP contribution in [0.1, 0.15) is 37.7 Å². The molecule has 0 amide bonds. The third kappa shape index (κ3) is 3.09. The fourth-order valence-corrected chi connectivity index (χ4v) is 2.63. The summed E-state index contributed by atoms with van der Waals surface area (Å²) in [6.45, 7) is 0. The Bertz CT molecular complexity index is 442. The molecule has 3 N–H and O–H groups in total. The van der Waals surface area contributed by atoms with E-state index in [9.17, 15) is 4.39 Å². The molecule has 1 aromatic rings. The summed E-state index contributed by atoms with van der Waals surface area (Å²) in [7, 11) is 0. The minimum absolute atomic E-state index is 0.253. The van der Waals surface area contributed by atoms with Gasteiger partial charge in [0.1, 0.15) is 11.7 Å². The van der Waals surface area contributed by atoms with E-state index in [2.05, 4.69) is 26.3 Å². The van der Waals surface area contributed by atoms with Gasteiger partial charge in [0.2, 0.25) is 0 Å². The Balaban J connectivity index is 2.26. The molecule has 0 spiro atoms. The standard InChI is InChI=1S/C13H17BrFN3/c14-11-8-4-7-10(12(11)15)13(18-16)17-9-5-2-1-3-6-9/h4,7-9H,1-3,5-6,16H2,(H,17,18). The quantitative estimate of drug-likeness (QED) is 0.381. The molecule has 0 radical (unpaired) electrons. The molecule has 1 aliphatic carbocycles. The minimum Gasteiger partial charge on any atom is -0.308 e. The number of hydrogen-bond donors (Lipinski definition) is 2.